The molecule has 0 saturated heterocycles. The topological polar surface area (TPSA) is 108 Å². The number of unbranched alkanes of at least 4 members (excludes halogenated alkanes) is 76. The third kappa shape index (κ3) is 87.9. The van der Waals surface area contributed by atoms with Crippen LogP contribution >= 0.6 is 7.82 Å². The number of carbonyl (C=O) groups excluding carboxylic acids is 2. The first-order valence-electron chi connectivity index (χ1n) is 46.8. The maximum absolute atomic E-state index is 13.0. The number of likely N-dealkylation sites (N-methyl/N-ethyl adjacent to an activating group) is 1. The van der Waals surface area contributed by atoms with Crippen LogP contribution in [0, 0.1) is 0 Å². The fraction of sp³-hybridized carbons (Fsp3) is 0.978. The third-order valence-corrected chi connectivity index (χ3v) is 23.1. The van der Waals surface area contributed by atoms with Crippen LogP contribution in [0.25, 0.3) is 0 Å². The van der Waals surface area contributed by atoms with Gasteiger partial charge in [-0.1, -0.05) is 502 Å². The Labute approximate surface area is 639 Å². The standard InChI is InChI=1S/C92H184NO8P/c1-6-8-10-12-14-16-18-20-22-24-26-28-30-32-34-36-38-40-42-44-45-46-47-49-51-53-55-57-59-61-63-65-67-69-71-73-75-77-79-81-83-85-92(95)101-90(89-100-102(96,97)99-87-86-93(3,4)5)88-98-91(94)84-82-80-78-76-74-72-70-68-66-64-62-60-58-56-54-52-50-48-43-41-39-37-35-33-31-29-27-25-23-21-19-17-15-13-11-9-7-2/h90H,6-89H2,1-5H3/p+1. The number of rotatable bonds is 90. The Morgan fingerprint density at radius 2 is 0.441 bits per heavy atom. The highest BCUT2D eigenvalue weighted by Crippen LogP contribution is 2.43. The van der Waals surface area contributed by atoms with Gasteiger partial charge < -0.3 is 18.9 Å². The monoisotopic (exact) mass is 1460 g/mol. The van der Waals surface area contributed by atoms with Gasteiger partial charge in [0.25, 0.3) is 0 Å². The highest BCUT2D eigenvalue weighted by molar-refractivity contribution is 7.47. The average molecular weight is 1460 g/mol. The summed E-state index contributed by atoms with van der Waals surface area (Å²) in [4.78, 5) is 36.1. The molecule has 0 bridgehead atoms. The average Bonchev–Trinajstić information content (AvgIpc) is 0.916. The van der Waals surface area contributed by atoms with Crippen LogP contribution < -0.4 is 0 Å². The van der Waals surface area contributed by atoms with E-state index >= 15 is 0 Å². The van der Waals surface area contributed by atoms with Gasteiger partial charge in [-0.25, -0.2) is 4.57 Å². The Hall–Kier alpha value is -0.990. The fourth-order valence-corrected chi connectivity index (χ4v) is 15.8. The summed E-state index contributed by atoms with van der Waals surface area (Å²) in [6.07, 6.45) is 108. The van der Waals surface area contributed by atoms with Crippen molar-refractivity contribution in [2.45, 2.75) is 534 Å². The molecule has 0 saturated carbocycles. The molecule has 9 nitrogen and oxygen atoms in total. The van der Waals surface area contributed by atoms with E-state index in [0.29, 0.717) is 17.4 Å². The van der Waals surface area contributed by atoms with Crippen molar-refractivity contribution in [3.05, 3.63) is 0 Å². The van der Waals surface area contributed by atoms with Crippen molar-refractivity contribution >= 4 is 19.8 Å². The molecule has 0 aliphatic heterocycles. The summed E-state index contributed by atoms with van der Waals surface area (Å²) in [6, 6.07) is 0. The molecule has 2 unspecified atom stereocenters. The van der Waals surface area contributed by atoms with Crippen molar-refractivity contribution in [3.8, 4) is 0 Å². The number of ether oxygens (including phenoxy) is 2. The lowest BCUT2D eigenvalue weighted by Crippen LogP contribution is -2.37. The van der Waals surface area contributed by atoms with Crippen LogP contribution in [0.2, 0.25) is 0 Å². The first kappa shape index (κ1) is 101. The SMILES string of the molecule is CCCCCCCCCCCCCCCCCCCCCCCCCCCCCCCCCCCCCCCCCCCC(=O)OC(COC(=O)CCCCCCCCCCCCCCCCCCCCCCCCCCCCCCCCCCCCCCC)COP(=O)(O)OCC[N+](C)(C)C. The molecule has 1 N–H and O–H groups in total. The largest absolute Gasteiger partial charge is 0.472 e. The van der Waals surface area contributed by atoms with Crippen molar-refractivity contribution in [1.29, 1.82) is 0 Å². The van der Waals surface area contributed by atoms with E-state index < -0.39 is 26.5 Å². The molecule has 0 heterocycles. The molecule has 2 atom stereocenters. The molecule has 0 rings (SSSR count). The number of phosphoric acid groups is 1. The molecule has 0 spiro atoms. The smallest absolute Gasteiger partial charge is 0.462 e. The first-order chi connectivity index (χ1) is 50.0. The van der Waals surface area contributed by atoms with Gasteiger partial charge in [-0.2, -0.15) is 0 Å². The summed E-state index contributed by atoms with van der Waals surface area (Å²) in [6.45, 7) is 4.56. The van der Waals surface area contributed by atoms with Gasteiger partial charge in [0.15, 0.2) is 6.10 Å². The molecule has 0 aromatic carbocycles. The van der Waals surface area contributed by atoms with Gasteiger partial charge >= 0.3 is 19.8 Å². The van der Waals surface area contributed by atoms with Crippen LogP contribution in [-0.2, 0) is 32.7 Å². The van der Waals surface area contributed by atoms with Crippen LogP contribution in [0.4, 0.5) is 0 Å². The molecular formula is C92H185NO8P+. The molecule has 0 aliphatic rings. The lowest BCUT2D eigenvalue weighted by Gasteiger charge is -2.24. The van der Waals surface area contributed by atoms with Crippen LogP contribution in [0.15, 0.2) is 0 Å². The molecule has 10 heteroatoms. The number of carbonyl (C=O) groups is 2. The molecule has 610 valence electrons. The van der Waals surface area contributed by atoms with Crippen molar-refractivity contribution in [1.82, 2.24) is 0 Å². The number of nitrogens with zero attached hydrogens (tertiary/aromatic N) is 1. The van der Waals surface area contributed by atoms with Crippen molar-refractivity contribution in [2.75, 3.05) is 47.5 Å². The van der Waals surface area contributed by atoms with Gasteiger partial charge in [0.2, 0.25) is 0 Å². The van der Waals surface area contributed by atoms with Crippen molar-refractivity contribution < 1.29 is 42.1 Å². The predicted octanol–water partition coefficient (Wildman–Crippen LogP) is 31.5. The second kappa shape index (κ2) is 84.0. The number of hydrogen-bond acceptors (Lipinski definition) is 7. The zero-order chi connectivity index (χ0) is 74.0. The molecule has 0 fully saturated rings. The Bertz CT molecular complexity index is 1670. The fourth-order valence-electron chi connectivity index (χ4n) is 15.0. The van der Waals surface area contributed by atoms with Gasteiger partial charge in [0.05, 0.1) is 27.7 Å². The van der Waals surface area contributed by atoms with Crippen LogP contribution in [0.1, 0.15) is 528 Å². The summed E-state index contributed by atoms with van der Waals surface area (Å²) in [7, 11) is 1.52. The third-order valence-electron chi connectivity index (χ3n) is 22.1. The van der Waals surface area contributed by atoms with Crippen LogP contribution in [0.5, 0.6) is 0 Å². The van der Waals surface area contributed by atoms with Gasteiger partial charge in [0, 0.05) is 12.8 Å². The Morgan fingerprint density at radius 3 is 0.627 bits per heavy atom. The maximum Gasteiger partial charge on any atom is 0.472 e. The number of hydrogen-bond donors (Lipinski definition) is 1. The molecular weight excluding hydrogens is 1280 g/mol. The number of esters is 2. The molecule has 0 aromatic rings. The highest BCUT2D eigenvalue weighted by Gasteiger charge is 2.27. The van der Waals surface area contributed by atoms with Gasteiger partial charge in [-0.05, 0) is 12.8 Å². The van der Waals surface area contributed by atoms with E-state index in [1.807, 2.05) is 21.1 Å². The molecule has 0 aliphatic carbocycles. The summed E-state index contributed by atoms with van der Waals surface area (Å²) >= 11 is 0. The van der Waals surface area contributed by atoms with Crippen molar-refractivity contribution in [3.63, 3.8) is 0 Å². The minimum atomic E-state index is -4.39. The van der Waals surface area contributed by atoms with Crippen LogP contribution in [-0.4, -0.2) is 74.9 Å². The summed E-state index contributed by atoms with van der Waals surface area (Å²) in [5.74, 6) is -0.761. The molecule has 0 radical (unpaired) electrons. The minimum Gasteiger partial charge on any atom is -0.462 e. The highest BCUT2D eigenvalue weighted by atomic mass is 31.2. The van der Waals surface area contributed by atoms with Crippen molar-refractivity contribution in [2.24, 2.45) is 0 Å². The van der Waals surface area contributed by atoms with Crippen LogP contribution in [0.3, 0.4) is 0 Å². The van der Waals surface area contributed by atoms with E-state index in [0.717, 1.165) is 38.5 Å². The first-order valence-corrected chi connectivity index (χ1v) is 48.3. The maximum atomic E-state index is 13.0. The molecule has 102 heavy (non-hydrogen) atoms. The normalized spacial score (nSPS) is 12.8. The summed E-state index contributed by atoms with van der Waals surface area (Å²) in [5, 5.41) is 0. The number of quaternary nitrogens is 1. The quantitative estimate of drug-likeness (QED) is 0.0278. The molecule has 0 aromatic heterocycles. The van der Waals surface area contributed by atoms with Gasteiger partial charge in [-0.3, -0.25) is 18.6 Å². The lowest BCUT2D eigenvalue weighted by molar-refractivity contribution is -0.870. The Kier molecular flexibility index (Phi) is 83.2. The lowest BCUT2D eigenvalue weighted by atomic mass is 10.0. The summed E-state index contributed by atoms with van der Waals surface area (Å²) in [5.41, 5.74) is 0. The zero-order valence-electron chi connectivity index (χ0n) is 70.2. The zero-order valence-corrected chi connectivity index (χ0v) is 71.1. The number of phosphoric ester groups is 1. The Balaban J connectivity index is 3.79. The minimum absolute atomic E-state index is 0.0380. The Morgan fingerprint density at radius 1 is 0.265 bits per heavy atom. The van der Waals surface area contributed by atoms with E-state index in [9.17, 15) is 19.0 Å². The van der Waals surface area contributed by atoms with E-state index in [2.05, 4.69) is 13.8 Å². The van der Waals surface area contributed by atoms with Gasteiger partial charge in [0.1, 0.15) is 19.8 Å². The van der Waals surface area contributed by atoms with E-state index in [-0.39, 0.29) is 25.6 Å². The second-order valence-electron chi connectivity index (χ2n) is 33.8. The second-order valence-corrected chi connectivity index (χ2v) is 35.2. The van der Waals surface area contributed by atoms with Gasteiger partial charge in [-0.15, -0.1) is 0 Å². The van der Waals surface area contributed by atoms with E-state index in [1.165, 1.54) is 462 Å². The van der Waals surface area contributed by atoms with E-state index in [1.54, 1.807) is 0 Å². The predicted molar refractivity (Wildman–Crippen MR) is 446 cm³/mol. The summed E-state index contributed by atoms with van der Waals surface area (Å²) < 4.78 is 34.9. The molecule has 0 amide bonds. The van der Waals surface area contributed by atoms with E-state index in [4.69, 9.17) is 18.5 Å².